The number of carbonyl (C=O) groups is 3. The van der Waals surface area contributed by atoms with Crippen LogP contribution in [0.3, 0.4) is 0 Å². The summed E-state index contributed by atoms with van der Waals surface area (Å²) in [5.74, 6) is 0.508. The molecule has 150 valence electrons. The van der Waals surface area contributed by atoms with Crippen molar-refractivity contribution in [1.82, 2.24) is 4.90 Å². The van der Waals surface area contributed by atoms with Crippen LogP contribution in [-0.2, 0) is 19.1 Å². The molecule has 1 aliphatic heterocycles. The number of carbonyl (C=O) groups excluding carboxylic acids is 3. The van der Waals surface area contributed by atoms with E-state index in [9.17, 15) is 14.4 Å². The van der Waals surface area contributed by atoms with E-state index in [-0.39, 0.29) is 29.8 Å². The van der Waals surface area contributed by atoms with Crippen LogP contribution in [0.5, 0.6) is 0 Å². The van der Waals surface area contributed by atoms with E-state index in [0.717, 1.165) is 19.3 Å². The highest BCUT2D eigenvalue weighted by Crippen LogP contribution is 2.31. The van der Waals surface area contributed by atoms with Gasteiger partial charge >= 0.3 is 5.97 Å². The van der Waals surface area contributed by atoms with Crippen LogP contribution in [-0.4, -0.2) is 39.8 Å². The van der Waals surface area contributed by atoms with Gasteiger partial charge in [-0.05, 0) is 50.4 Å². The zero-order valence-electron chi connectivity index (χ0n) is 16.8. The molecule has 1 saturated heterocycles. The van der Waals surface area contributed by atoms with Crippen molar-refractivity contribution >= 4 is 29.5 Å². The first kappa shape index (κ1) is 21.7. The lowest BCUT2D eigenvalue weighted by molar-refractivity contribution is -0.147. The van der Waals surface area contributed by atoms with Gasteiger partial charge in [0.1, 0.15) is 0 Å². The van der Waals surface area contributed by atoms with Gasteiger partial charge in [-0.2, -0.15) is 11.8 Å². The second kappa shape index (κ2) is 10.1. The van der Waals surface area contributed by atoms with Gasteiger partial charge in [-0.15, -0.1) is 0 Å². The van der Waals surface area contributed by atoms with Gasteiger partial charge in [0.15, 0.2) is 0 Å². The molecule has 2 aliphatic rings. The molecule has 0 aromatic rings. The lowest BCUT2D eigenvalue weighted by atomic mass is 9.93. The highest BCUT2D eigenvalue weighted by atomic mass is 32.2. The number of amides is 2. The van der Waals surface area contributed by atoms with Gasteiger partial charge < -0.3 is 4.74 Å². The third-order valence-electron chi connectivity index (χ3n) is 4.62. The lowest BCUT2D eigenvalue weighted by Crippen LogP contribution is -2.30. The highest BCUT2D eigenvalue weighted by molar-refractivity contribution is 7.99. The van der Waals surface area contributed by atoms with Gasteiger partial charge in [-0.3, -0.25) is 19.3 Å². The van der Waals surface area contributed by atoms with Crippen molar-refractivity contribution in [3.63, 3.8) is 0 Å². The zero-order chi connectivity index (χ0) is 20.0. The van der Waals surface area contributed by atoms with E-state index in [0.29, 0.717) is 35.5 Å². The first-order chi connectivity index (χ1) is 12.8. The molecule has 0 aromatic heterocycles. The van der Waals surface area contributed by atoms with Crippen molar-refractivity contribution in [1.29, 1.82) is 0 Å². The van der Waals surface area contributed by atoms with Crippen LogP contribution in [0.15, 0.2) is 23.9 Å². The summed E-state index contributed by atoms with van der Waals surface area (Å²) in [6.07, 6.45) is 9.04. The summed E-state index contributed by atoms with van der Waals surface area (Å²) >= 11 is 1.72. The fraction of sp³-hybridized carbons (Fsp3) is 0.667. The first-order valence-corrected chi connectivity index (χ1v) is 10.9. The molecular weight excluding hydrogens is 362 g/mol. The fourth-order valence-corrected chi connectivity index (χ4v) is 4.15. The first-order valence-electron chi connectivity index (χ1n) is 9.84. The van der Waals surface area contributed by atoms with Crippen LogP contribution in [0.4, 0.5) is 0 Å². The van der Waals surface area contributed by atoms with Gasteiger partial charge in [0.2, 0.25) is 11.8 Å². The highest BCUT2D eigenvalue weighted by Gasteiger charge is 2.40. The Morgan fingerprint density at radius 1 is 1.30 bits per heavy atom. The smallest absolute Gasteiger partial charge is 0.306 e. The van der Waals surface area contributed by atoms with Crippen LogP contribution < -0.4 is 0 Å². The number of ether oxygens (including phenoxy) is 1. The van der Waals surface area contributed by atoms with Crippen molar-refractivity contribution in [2.24, 2.45) is 11.8 Å². The molecule has 0 saturated carbocycles. The molecule has 0 bridgehead atoms. The van der Waals surface area contributed by atoms with Gasteiger partial charge in [-0.25, -0.2) is 0 Å². The van der Waals surface area contributed by atoms with Crippen LogP contribution in [0.2, 0.25) is 0 Å². The average Bonchev–Trinajstić information content (AvgIpc) is 2.87. The van der Waals surface area contributed by atoms with Crippen molar-refractivity contribution in [3.05, 3.63) is 23.9 Å². The maximum atomic E-state index is 12.6. The van der Waals surface area contributed by atoms with Gasteiger partial charge in [0.05, 0.1) is 12.0 Å². The van der Waals surface area contributed by atoms with Crippen molar-refractivity contribution < 1.29 is 19.1 Å². The third-order valence-corrected chi connectivity index (χ3v) is 5.88. The molecular formula is C21H31NO4S. The maximum Gasteiger partial charge on any atom is 0.306 e. The zero-order valence-corrected chi connectivity index (χ0v) is 17.6. The largest absolute Gasteiger partial charge is 0.463 e. The number of nitrogens with zero attached hydrogens (tertiary/aromatic N) is 1. The maximum absolute atomic E-state index is 12.6. The summed E-state index contributed by atoms with van der Waals surface area (Å²) in [5.41, 5.74) is 0.706. The van der Waals surface area contributed by atoms with E-state index >= 15 is 0 Å². The molecule has 2 unspecified atom stereocenters. The van der Waals surface area contributed by atoms with E-state index in [4.69, 9.17) is 4.74 Å². The molecule has 2 atom stereocenters. The molecule has 27 heavy (non-hydrogen) atoms. The second-order valence-corrected chi connectivity index (χ2v) is 9.37. The molecule has 1 fully saturated rings. The van der Waals surface area contributed by atoms with Gasteiger partial charge in [0.25, 0.3) is 0 Å². The topological polar surface area (TPSA) is 63.7 Å². The number of hydrogen-bond acceptors (Lipinski definition) is 5. The van der Waals surface area contributed by atoms with Crippen LogP contribution in [0.1, 0.15) is 59.8 Å². The second-order valence-electron chi connectivity index (χ2n) is 7.77. The van der Waals surface area contributed by atoms with E-state index < -0.39 is 0 Å². The molecule has 1 aliphatic carbocycles. The Morgan fingerprint density at radius 2 is 2.04 bits per heavy atom. The molecule has 0 aromatic carbocycles. The predicted octanol–water partition coefficient (Wildman–Crippen LogP) is 4.09. The standard InChI is InChI=1S/C21H31NO4S/c1-14(2)26-20(24)7-5-6-16-8-10-18(11-9-16)22-19(23)12-17(21(22)25)13-27-15(3)4/h8,10-11,14-17H,5-7,9,12-13H2,1-4H3. The van der Waals surface area contributed by atoms with Crippen molar-refractivity contribution in [2.75, 3.05) is 5.75 Å². The van der Waals surface area contributed by atoms with Crippen molar-refractivity contribution in [2.45, 2.75) is 71.2 Å². The van der Waals surface area contributed by atoms with Gasteiger partial charge in [0, 0.05) is 24.3 Å². The molecule has 1 heterocycles. The summed E-state index contributed by atoms with van der Waals surface area (Å²) in [7, 11) is 0. The van der Waals surface area contributed by atoms with E-state index in [1.165, 1.54) is 4.90 Å². The summed E-state index contributed by atoms with van der Waals surface area (Å²) in [5, 5.41) is 0.453. The normalized spacial score (nSPS) is 22.7. The minimum Gasteiger partial charge on any atom is -0.463 e. The van der Waals surface area contributed by atoms with Crippen molar-refractivity contribution in [3.8, 4) is 0 Å². The predicted molar refractivity (Wildman–Crippen MR) is 108 cm³/mol. The number of thioether (sulfide) groups is 1. The van der Waals surface area contributed by atoms with E-state index in [1.54, 1.807) is 11.8 Å². The Morgan fingerprint density at radius 3 is 2.63 bits per heavy atom. The number of imide groups is 1. The Hall–Kier alpha value is -1.56. The Labute approximate surface area is 166 Å². The summed E-state index contributed by atoms with van der Waals surface area (Å²) in [4.78, 5) is 37.9. The van der Waals surface area contributed by atoms with Crippen LogP contribution in [0, 0.1) is 11.8 Å². The Bertz CT molecular complexity index is 624. The molecule has 0 radical (unpaired) electrons. The van der Waals surface area contributed by atoms with E-state index in [1.807, 2.05) is 26.0 Å². The minimum absolute atomic E-state index is 0.0704. The van der Waals surface area contributed by atoms with Crippen LogP contribution in [0.25, 0.3) is 0 Å². The molecule has 5 nitrogen and oxygen atoms in total. The lowest BCUT2D eigenvalue weighted by Gasteiger charge is -2.22. The SMILES string of the molecule is CC(C)OC(=O)CCCC1C=CC(N2C(=O)CC(CSC(C)C)C2=O)=CC1. The molecule has 6 heteroatoms. The molecule has 0 N–H and O–H groups in total. The van der Waals surface area contributed by atoms with Crippen LogP contribution >= 0.6 is 11.8 Å². The number of allylic oxidation sites excluding steroid dienone is 3. The third kappa shape index (κ3) is 6.52. The fourth-order valence-electron chi connectivity index (χ4n) is 3.27. The Balaban J connectivity index is 1.81. The molecule has 2 amide bonds. The quantitative estimate of drug-likeness (QED) is 0.436. The number of rotatable bonds is 9. The average molecular weight is 394 g/mol. The molecule has 0 spiro atoms. The summed E-state index contributed by atoms with van der Waals surface area (Å²) < 4.78 is 5.14. The number of likely N-dealkylation sites (tertiary alicyclic amines) is 1. The Kier molecular flexibility index (Phi) is 8.14. The minimum atomic E-state index is -0.205. The van der Waals surface area contributed by atoms with Gasteiger partial charge in [-0.1, -0.05) is 26.0 Å². The molecule has 2 rings (SSSR count). The number of esters is 1. The summed E-state index contributed by atoms with van der Waals surface area (Å²) in [6.45, 7) is 7.89. The summed E-state index contributed by atoms with van der Waals surface area (Å²) in [6, 6.07) is 0. The van der Waals surface area contributed by atoms with E-state index in [2.05, 4.69) is 19.9 Å². The number of hydrogen-bond donors (Lipinski definition) is 0. The monoisotopic (exact) mass is 393 g/mol.